The molecule has 0 bridgehead atoms. The van der Waals surface area contributed by atoms with Crippen molar-refractivity contribution in [3.8, 4) is 44.5 Å². The summed E-state index contributed by atoms with van der Waals surface area (Å²) in [6.07, 6.45) is 16.0. The van der Waals surface area contributed by atoms with Gasteiger partial charge in [-0.15, -0.1) is 0 Å². The molecular weight excluding hydrogens is 552 g/mol. The minimum absolute atomic E-state index is 0.184. The van der Waals surface area contributed by atoms with Gasteiger partial charge < -0.3 is 22.9 Å². The van der Waals surface area contributed by atoms with Gasteiger partial charge in [0.05, 0.1) is 0 Å². The molecule has 8 N–H and O–H groups in total. The van der Waals surface area contributed by atoms with Crippen molar-refractivity contribution in [3.05, 3.63) is 97.1 Å². The molecule has 12 heteroatoms. The van der Waals surface area contributed by atoms with Crippen molar-refractivity contribution < 1.29 is 0 Å². The van der Waals surface area contributed by atoms with Gasteiger partial charge in [-0.2, -0.15) is 0 Å². The Bertz CT molecular complexity index is 1800. The van der Waals surface area contributed by atoms with Crippen molar-refractivity contribution >= 4 is 23.8 Å². The molecule has 2 aromatic carbocycles. The van der Waals surface area contributed by atoms with Gasteiger partial charge in [-0.3, -0.25) is 0 Å². The Morgan fingerprint density at radius 3 is 0.977 bits per heavy atom. The highest BCUT2D eigenvalue weighted by Crippen LogP contribution is 2.54. The SMILES string of the molecule is Nc1ncc(-c2ccc(-c3cnc(N)nc3)c(C3CCC3c3cc(-c4cnc(N)nc4)ccc3-c3cnc(N)nc3)c2)cn1. The van der Waals surface area contributed by atoms with Crippen LogP contribution < -0.4 is 22.9 Å². The molecule has 7 rings (SSSR count). The highest BCUT2D eigenvalue weighted by atomic mass is 15.0. The van der Waals surface area contributed by atoms with Gasteiger partial charge in [0.2, 0.25) is 23.8 Å². The van der Waals surface area contributed by atoms with Crippen LogP contribution in [0.2, 0.25) is 0 Å². The number of aromatic nitrogens is 8. The first-order chi connectivity index (χ1) is 21.4. The van der Waals surface area contributed by atoms with Crippen LogP contribution in [0.3, 0.4) is 0 Å². The summed E-state index contributed by atoms with van der Waals surface area (Å²) in [7, 11) is 0. The molecule has 216 valence electrons. The van der Waals surface area contributed by atoms with Crippen molar-refractivity contribution in [1.29, 1.82) is 0 Å². The summed E-state index contributed by atoms with van der Waals surface area (Å²) in [5, 5.41) is 0. The van der Waals surface area contributed by atoms with E-state index in [0.717, 1.165) is 57.3 Å². The van der Waals surface area contributed by atoms with E-state index in [9.17, 15) is 0 Å². The molecule has 0 aliphatic heterocycles. The van der Waals surface area contributed by atoms with Crippen LogP contribution in [0.25, 0.3) is 44.5 Å². The average molecular weight is 581 g/mol. The summed E-state index contributed by atoms with van der Waals surface area (Å²) in [6, 6.07) is 12.7. The number of benzene rings is 2. The molecule has 0 amide bonds. The monoisotopic (exact) mass is 580 g/mol. The summed E-state index contributed by atoms with van der Waals surface area (Å²) < 4.78 is 0. The van der Waals surface area contributed by atoms with Crippen molar-refractivity contribution in [2.24, 2.45) is 0 Å². The lowest BCUT2D eigenvalue weighted by atomic mass is 9.64. The topological polar surface area (TPSA) is 207 Å². The highest BCUT2D eigenvalue weighted by Gasteiger charge is 2.37. The van der Waals surface area contributed by atoms with Crippen molar-refractivity contribution in [3.63, 3.8) is 0 Å². The van der Waals surface area contributed by atoms with Crippen LogP contribution in [-0.2, 0) is 0 Å². The molecule has 1 saturated carbocycles. The fraction of sp³-hybridized carbons (Fsp3) is 0.125. The van der Waals surface area contributed by atoms with Gasteiger partial charge in [0, 0.05) is 71.8 Å². The molecule has 1 aliphatic rings. The Kier molecular flexibility index (Phi) is 6.70. The number of rotatable bonds is 6. The summed E-state index contributed by atoms with van der Waals surface area (Å²) >= 11 is 0. The number of nitrogen functional groups attached to an aromatic ring is 4. The zero-order valence-electron chi connectivity index (χ0n) is 23.5. The van der Waals surface area contributed by atoms with Crippen molar-refractivity contribution in [2.75, 3.05) is 22.9 Å². The van der Waals surface area contributed by atoms with Crippen LogP contribution in [0.1, 0.15) is 35.8 Å². The smallest absolute Gasteiger partial charge is 0.219 e. The largest absolute Gasteiger partial charge is 0.368 e. The second-order valence-electron chi connectivity index (χ2n) is 10.7. The first kappa shape index (κ1) is 26.8. The first-order valence-corrected chi connectivity index (χ1v) is 14.0. The second kappa shape index (κ2) is 11.0. The first-order valence-electron chi connectivity index (χ1n) is 14.0. The number of anilines is 4. The predicted octanol–water partition coefficient (Wildman–Crippen LogP) is 4.50. The Hall–Kier alpha value is -6.04. The summed E-state index contributed by atoms with van der Waals surface area (Å²) in [5.74, 6) is 1.29. The quantitative estimate of drug-likeness (QED) is 0.215. The minimum atomic E-state index is 0.184. The molecule has 1 aliphatic carbocycles. The van der Waals surface area contributed by atoms with Gasteiger partial charge in [-0.05, 0) is 58.1 Å². The van der Waals surface area contributed by atoms with Crippen LogP contribution in [-0.4, -0.2) is 39.9 Å². The molecule has 12 nitrogen and oxygen atoms in total. The molecule has 6 aromatic rings. The molecule has 44 heavy (non-hydrogen) atoms. The molecule has 0 radical (unpaired) electrons. The Labute approximate surface area is 252 Å². The van der Waals surface area contributed by atoms with E-state index in [0.29, 0.717) is 0 Å². The van der Waals surface area contributed by atoms with Crippen LogP contribution in [0, 0.1) is 0 Å². The van der Waals surface area contributed by atoms with E-state index >= 15 is 0 Å². The lowest BCUT2D eigenvalue weighted by molar-refractivity contribution is 0.348. The number of nitrogens with two attached hydrogens (primary N) is 4. The number of nitrogens with zero attached hydrogens (tertiary/aromatic N) is 8. The summed E-state index contributed by atoms with van der Waals surface area (Å²) in [6.45, 7) is 0. The second-order valence-corrected chi connectivity index (χ2v) is 10.7. The van der Waals surface area contributed by atoms with Crippen LogP contribution in [0.4, 0.5) is 23.8 Å². The van der Waals surface area contributed by atoms with E-state index in [1.54, 1.807) is 49.6 Å². The zero-order valence-corrected chi connectivity index (χ0v) is 23.5. The Balaban J connectivity index is 1.37. The van der Waals surface area contributed by atoms with Gasteiger partial charge in [0.15, 0.2) is 0 Å². The summed E-state index contributed by atoms with van der Waals surface area (Å²) in [5.41, 5.74) is 33.1. The molecule has 0 spiro atoms. The third-order valence-corrected chi connectivity index (χ3v) is 8.15. The normalized spacial score (nSPS) is 15.9. The predicted molar refractivity (Wildman–Crippen MR) is 169 cm³/mol. The zero-order chi connectivity index (χ0) is 30.2. The van der Waals surface area contributed by atoms with Crippen molar-refractivity contribution in [2.45, 2.75) is 24.7 Å². The highest BCUT2D eigenvalue weighted by molar-refractivity contribution is 5.77. The third kappa shape index (κ3) is 5.09. The van der Waals surface area contributed by atoms with Gasteiger partial charge >= 0.3 is 0 Å². The molecule has 0 saturated heterocycles. The van der Waals surface area contributed by atoms with Gasteiger partial charge in [0.25, 0.3) is 0 Å². The molecule has 2 atom stereocenters. The van der Waals surface area contributed by atoms with E-state index in [-0.39, 0.29) is 35.6 Å². The maximum atomic E-state index is 5.82. The van der Waals surface area contributed by atoms with Crippen molar-refractivity contribution in [1.82, 2.24) is 39.9 Å². The molecule has 4 aromatic heterocycles. The van der Waals surface area contributed by atoms with Crippen LogP contribution in [0.5, 0.6) is 0 Å². The maximum Gasteiger partial charge on any atom is 0.219 e. The van der Waals surface area contributed by atoms with E-state index in [1.165, 1.54) is 11.1 Å². The van der Waals surface area contributed by atoms with Gasteiger partial charge in [-0.25, -0.2) is 39.9 Å². The fourth-order valence-corrected chi connectivity index (χ4v) is 5.80. The maximum absolute atomic E-state index is 5.82. The minimum Gasteiger partial charge on any atom is -0.368 e. The Morgan fingerprint density at radius 1 is 0.386 bits per heavy atom. The molecular formula is C32H28N12. The Morgan fingerprint density at radius 2 is 0.682 bits per heavy atom. The molecule has 2 unspecified atom stereocenters. The number of hydrogen-bond donors (Lipinski definition) is 4. The fourth-order valence-electron chi connectivity index (χ4n) is 5.80. The number of hydrogen-bond acceptors (Lipinski definition) is 12. The van der Waals surface area contributed by atoms with Gasteiger partial charge in [-0.1, -0.05) is 36.4 Å². The standard InChI is InChI=1S/C32H28N12/c33-29-37-9-19(10-38-29)17-1-3-23(21-13-41-31(35)42-14-21)27(7-17)25-5-6-26(25)28-8-18(20-11-39-30(34)40-12-20)2-4-24(28)22-15-43-32(36)44-16-22/h1-4,7-16,25-26H,5-6H2,(H2,33,37,38)(H2,34,39,40)(H2,35,41,42)(H2,36,43,44). The summed E-state index contributed by atoms with van der Waals surface area (Å²) in [4.78, 5) is 33.9. The molecule has 1 fully saturated rings. The van der Waals surface area contributed by atoms with E-state index < -0.39 is 0 Å². The van der Waals surface area contributed by atoms with Crippen LogP contribution in [0.15, 0.2) is 86.0 Å². The van der Waals surface area contributed by atoms with E-state index in [4.69, 9.17) is 22.9 Å². The van der Waals surface area contributed by atoms with E-state index in [2.05, 4.69) is 76.3 Å². The third-order valence-electron chi connectivity index (χ3n) is 8.15. The van der Waals surface area contributed by atoms with E-state index in [1.807, 2.05) is 0 Å². The average Bonchev–Trinajstić information content (AvgIpc) is 3.02. The molecule has 4 heterocycles. The van der Waals surface area contributed by atoms with Gasteiger partial charge in [0.1, 0.15) is 0 Å². The lowest BCUT2D eigenvalue weighted by Crippen LogP contribution is -2.23. The van der Waals surface area contributed by atoms with Crippen LogP contribution >= 0.6 is 0 Å². The lowest BCUT2D eigenvalue weighted by Gasteiger charge is -2.40.